The number of aliphatic hydroxyl groups is 5. The third-order valence-electron chi connectivity index (χ3n) is 18.6. The highest BCUT2D eigenvalue weighted by molar-refractivity contribution is 5.76. The lowest BCUT2D eigenvalue weighted by Crippen LogP contribution is -2.60. The van der Waals surface area contributed by atoms with Gasteiger partial charge in [-0.25, -0.2) is 0 Å². The summed E-state index contributed by atoms with van der Waals surface area (Å²) in [6.07, 6.45) is 83.9. The molecule has 1 aliphatic heterocycles. The highest BCUT2D eigenvalue weighted by atomic mass is 16.7. The van der Waals surface area contributed by atoms with Crippen LogP contribution in [0, 0.1) is 0 Å². The van der Waals surface area contributed by atoms with Crippen molar-refractivity contribution in [3.63, 3.8) is 0 Å². The monoisotopic (exact) mass is 1300 g/mol. The smallest absolute Gasteiger partial charge is 0.305 e. The van der Waals surface area contributed by atoms with Gasteiger partial charge in [-0.05, 0) is 96.3 Å². The molecule has 1 rings (SSSR count). The number of esters is 1. The lowest BCUT2D eigenvalue weighted by atomic mass is 9.99. The summed E-state index contributed by atoms with van der Waals surface area (Å²) in [4.78, 5) is 25.1. The summed E-state index contributed by atoms with van der Waals surface area (Å²) in [6, 6.07) is -0.826. The molecule has 0 saturated carbocycles. The first-order valence-electron chi connectivity index (χ1n) is 39.6. The van der Waals surface area contributed by atoms with Gasteiger partial charge in [0.15, 0.2) is 6.29 Å². The summed E-state index contributed by atoms with van der Waals surface area (Å²) >= 11 is 0. The minimum absolute atomic E-state index is 0.00333. The Morgan fingerprint density at radius 3 is 1.17 bits per heavy atom. The van der Waals surface area contributed by atoms with Crippen LogP contribution in [-0.4, -0.2) is 100 Å². The number of ether oxygens (including phenoxy) is 3. The number of carbonyl (C=O) groups excluding carboxylic acids is 2. The second-order valence-electron chi connectivity index (χ2n) is 27.4. The highest BCUT2D eigenvalue weighted by Gasteiger charge is 2.44. The van der Waals surface area contributed by atoms with Crippen LogP contribution in [-0.2, 0) is 23.8 Å². The van der Waals surface area contributed by atoms with E-state index in [4.69, 9.17) is 14.2 Å². The molecule has 538 valence electrons. The molecule has 0 bridgehead atoms. The van der Waals surface area contributed by atoms with Crippen LogP contribution >= 0.6 is 0 Å². The van der Waals surface area contributed by atoms with E-state index in [1.807, 2.05) is 6.08 Å². The van der Waals surface area contributed by atoms with Gasteiger partial charge in [0.2, 0.25) is 5.91 Å². The lowest BCUT2D eigenvalue weighted by molar-refractivity contribution is -0.302. The van der Waals surface area contributed by atoms with E-state index >= 15 is 0 Å². The molecule has 11 heteroatoms. The fourth-order valence-corrected chi connectivity index (χ4v) is 12.3. The van der Waals surface area contributed by atoms with Gasteiger partial charge < -0.3 is 45.1 Å². The molecule has 0 aromatic rings. The summed E-state index contributed by atoms with van der Waals surface area (Å²) in [5.41, 5.74) is 0. The Kier molecular flexibility index (Phi) is 66.2. The van der Waals surface area contributed by atoms with Crippen molar-refractivity contribution < 1.29 is 49.3 Å². The SMILES string of the molecule is CCCC/C=C\CCCCCCCC(=O)OCCCCCCCCCCCCCCCCC/C=C\C/C=C\CCCCCCCCCCCCCCCCCCCC(=O)NC(COC1OC(CO)C(O)C(O)C1O)C(O)/C=C/CC/C=C/CCCCCCCCCC. The summed E-state index contributed by atoms with van der Waals surface area (Å²) in [5.74, 6) is -0.184. The standard InChI is InChI=1S/C81H149NO10/c1-3-5-7-9-11-13-15-16-44-48-51-55-59-63-67-74(84)73(72-91-81-80(89)79(88)78(87)75(71-83)92-81)82-76(85)68-64-60-56-52-49-45-42-40-38-36-34-32-30-28-26-24-22-20-18-17-19-21-23-25-27-29-31-33-35-37-39-41-43-46-50-54-58-62-66-70-90-77(86)69-65-61-57-53-47-14-12-10-8-6-4-2/h10,12,17-18,21,23,48,51,63,67,73-75,78-81,83-84,87-89H,3-9,11,13-16,19-20,22,24-47,49-50,52-62,64-66,68-72H2,1-2H3,(H,82,85)/b12-10-,18-17-,23-21-,51-48+,67-63+. The van der Waals surface area contributed by atoms with Crippen LogP contribution in [0.2, 0.25) is 0 Å². The van der Waals surface area contributed by atoms with E-state index in [-0.39, 0.29) is 18.5 Å². The number of nitrogens with one attached hydrogen (secondary N) is 1. The number of aliphatic hydroxyl groups excluding tert-OH is 5. The third kappa shape index (κ3) is 57.6. The van der Waals surface area contributed by atoms with Crippen molar-refractivity contribution >= 4 is 11.9 Å². The van der Waals surface area contributed by atoms with Crippen LogP contribution < -0.4 is 5.32 Å². The van der Waals surface area contributed by atoms with Crippen molar-refractivity contribution in [2.75, 3.05) is 19.8 Å². The molecule has 0 aliphatic carbocycles. The highest BCUT2D eigenvalue weighted by Crippen LogP contribution is 2.24. The van der Waals surface area contributed by atoms with Crippen LogP contribution in [0.5, 0.6) is 0 Å². The Bertz CT molecular complexity index is 1710. The van der Waals surface area contributed by atoms with Crippen molar-refractivity contribution in [3.8, 4) is 0 Å². The third-order valence-corrected chi connectivity index (χ3v) is 18.6. The quantitative estimate of drug-likeness (QED) is 0.0195. The number of hydrogen-bond acceptors (Lipinski definition) is 10. The van der Waals surface area contributed by atoms with Crippen molar-refractivity contribution in [2.24, 2.45) is 0 Å². The average molecular weight is 1300 g/mol. The molecular weight excluding hydrogens is 1150 g/mol. The summed E-state index contributed by atoms with van der Waals surface area (Å²) < 4.78 is 16.7. The molecule has 0 aromatic heterocycles. The minimum Gasteiger partial charge on any atom is -0.466 e. The second-order valence-corrected chi connectivity index (χ2v) is 27.4. The van der Waals surface area contributed by atoms with Gasteiger partial charge in [-0.3, -0.25) is 9.59 Å². The molecule has 0 radical (unpaired) electrons. The Hall–Kier alpha value is -2.64. The van der Waals surface area contributed by atoms with E-state index < -0.39 is 49.5 Å². The van der Waals surface area contributed by atoms with Gasteiger partial charge in [-0.15, -0.1) is 0 Å². The van der Waals surface area contributed by atoms with E-state index in [1.165, 1.54) is 289 Å². The van der Waals surface area contributed by atoms with Crippen LogP contribution in [0.25, 0.3) is 0 Å². The first kappa shape index (κ1) is 87.4. The van der Waals surface area contributed by atoms with Crippen molar-refractivity contribution in [1.82, 2.24) is 5.32 Å². The van der Waals surface area contributed by atoms with Gasteiger partial charge in [-0.2, -0.15) is 0 Å². The predicted molar refractivity (Wildman–Crippen MR) is 389 cm³/mol. The maximum absolute atomic E-state index is 13.1. The molecule has 0 spiro atoms. The van der Waals surface area contributed by atoms with E-state index in [1.54, 1.807) is 6.08 Å². The molecule has 0 aromatic carbocycles. The van der Waals surface area contributed by atoms with E-state index in [0.717, 1.165) is 64.2 Å². The topological polar surface area (TPSA) is 175 Å². The van der Waals surface area contributed by atoms with Gasteiger partial charge in [0.1, 0.15) is 24.4 Å². The molecule has 7 unspecified atom stereocenters. The molecule has 11 nitrogen and oxygen atoms in total. The first-order valence-corrected chi connectivity index (χ1v) is 39.6. The minimum atomic E-state index is -1.58. The van der Waals surface area contributed by atoms with Gasteiger partial charge in [0.05, 0.1) is 32.0 Å². The van der Waals surface area contributed by atoms with Gasteiger partial charge >= 0.3 is 5.97 Å². The number of allylic oxidation sites excluding steroid dienone is 9. The molecule has 1 saturated heterocycles. The molecule has 1 amide bonds. The van der Waals surface area contributed by atoms with E-state index in [0.29, 0.717) is 19.4 Å². The van der Waals surface area contributed by atoms with Gasteiger partial charge in [-0.1, -0.05) is 331 Å². The van der Waals surface area contributed by atoms with E-state index in [9.17, 15) is 35.1 Å². The molecule has 92 heavy (non-hydrogen) atoms. The van der Waals surface area contributed by atoms with Crippen LogP contribution in [0.1, 0.15) is 380 Å². The zero-order valence-corrected chi connectivity index (χ0v) is 60.0. The largest absolute Gasteiger partial charge is 0.466 e. The molecule has 1 fully saturated rings. The fourth-order valence-electron chi connectivity index (χ4n) is 12.3. The van der Waals surface area contributed by atoms with Crippen LogP contribution in [0.4, 0.5) is 0 Å². The Balaban J connectivity index is 1.93. The van der Waals surface area contributed by atoms with Crippen molar-refractivity contribution in [1.29, 1.82) is 0 Å². The zero-order valence-electron chi connectivity index (χ0n) is 60.0. The van der Waals surface area contributed by atoms with Crippen molar-refractivity contribution in [2.45, 2.75) is 423 Å². The molecule has 1 aliphatic rings. The summed E-state index contributed by atoms with van der Waals surface area (Å²) in [6.45, 7) is 4.33. The summed E-state index contributed by atoms with van der Waals surface area (Å²) in [7, 11) is 0. The fraction of sp³-hybridized carbons (Fsp3) is 0.852. The molecule has 7 atom stereocenters. The van der Waals surface area contributed by atoms with Gasteiger partial charge in [0.25, 0.3) is 0 Å². The van der Waals surface area contributed by atoms with Crippen LogP contribution in [0.15, 0.2) is 60.8 Å². The predicted octanol–water partition coefficient (Wildman–Crippen LogP) is 21.2. The maximum Gasteiger partial charge on any atom is 0.305 e. The average Bonchev–Trinajstić information content (AvgIpc) is 1.07. The lowest BCUT2D eigenvalue weighted by Gasteiger charge is -2.40. The Morgan fingerprint density at radius 2 is 0.750 bits per heavy atom. The number of rotatable bonds is 70. The van der Waals surface area contributed by atoms with E-state index in [2.05, 4.69) is 67.8 Å². The maximum atomic E-state index is 13.1. The number of amides is 1. The number of carbonyl (C=O) groups is 2. The molecule has 6 N–H and O–H groups in total. The Morgan fingerprint density at radius 1 is 0.402 bits per heavy atom. The summed E-state index contributed by atoms with van der Waals surface area (Å²) in [5, 5.41) is 54.6. The first-order chi connectivity index (χ1) is 45.2. The van der Waals surface area contributed by atoms with Crippen molar-refractivity contribution in [3.05, 3.63) is 60.8 Å². The number of hydrogen-bond donors (Lipinski definition) is 6. The normalized spacial score (nSPS) is 17.8. The molecular formula is C81H149NO10. The number of unbranched alkanes of at least 4 members (excludes halogenated alkanes) is 48. The second kappa shape index (κ2) is 69.7. The zero-order chi connectivity index (χ0) is 66.5. The van der Waals surface area contributed by atoms with Gasteiger partial charge in [0, 0.05) is 12.8 Å². The Labute approximate surface area is 567 Å². The van der Waals surface area contributed by atoms with Crippen LogP contribution in [0.3, 0.4) is 0 Å². The molecule has 1 heterocycles.